The molecular weight excluding hydrogens is 415 g/mol. The molecule has 0 fully saturated rings. The standard InChI is InChI=1S/C24H27FN2O3S/c1-17(2)13-27(24(29)22-5-4-12-30-22)16-23(28)26(15-21-11-6-18(3)31-21)14-19-7-9-20(25)10-8-19/h4-12,17H,13-16H2,1-3H3. The Kier molecular flexibility index (Phi) is 7.63. The minimum atomic E-state index is -0.317. The summed E-state index contributed by atoms with van der Waals surface area (Å²) in [7, 11) is 0. The number of aryl methyl sites for hydroxylation is 1. The number of rotatable bonds is 9. The van der Waals surface area contributed by atoms with Crippen molar-refractivity contribution in [1.29, 1.82) is 0 Å². The minimum absolute atomic E-state index is 0.0523. The highest BCUT2D eigenvalue weighted by Gasteiger charge is 2.25. The van der Waals surface area contributed by atoms with Crippen molar-refractivity contribution in [3.63, 3.8) is 0 Å². The summed E-state index contributed by atoms with van der Waals surface area (Å²) in [6.45, 7) is 7.17. The van der Waals surface area contributed by atoms with E-state index in [1.165, 1.54) is 28.2 Å². The van der Waals surface area contributed by atoms with Gasteiger partial charge in [-0.15, -0.1) is 11.3 Å². The fourth-order valence-electron chi connectivity index (χ4n) is 3.28. The SMILES string of the molecule is Cc1ccc(CN(Cc2ccc(F)cc2)C(=O)CN(CC(C)C)C(=O)c2ccco2)s1. The molecule has 0 radical (unpaired) electrons. The van der Waals surface area contributed by atoms with Gasteiger partial charge in [-0.1, -0.05) is 26.0 Å². The van der Waals surface area contributed by atoms with E-state index >= 15 is 0 Å². The predicted molar refractivity (Wildman–Crippen MR) is 119 cm³/mol. The number of thiophene rings is 1. The van der Waals surface area contributed by atoms with Crippen molar-refractivity contribution in [2.75, 3.05) is 13.1 Å². The molecule has 1 aromatic carbocycles. The minimum Gasteiger partial charge on any atom is -0.459 e. The second-order valence-electron chi connectivity index (χ2n) is 7.95. The Labute approximate surface area is 186 Å². The van der Waals surface area contributed by atoms with Crippen LogP contribution in [0.1, 0.15) is 39.7 Å². The highest BCUT2D eigenvalue weighted by Crippen LogP contribution is 2.19. The number of hydrogen-bond donors (Lipinski definition) is 0. The first-order chi connectivity index (χ1) is 14.8. The maximum Gasteiger partial charge on any atom is 0.290 e. The molecule has 5 nitrogen and oxygen atoms in total. The molecule has 2 amide bonds. The summed E-state index contributed by atoms with van der Waals surface area (Å²) >= 11 is 1.63. The third kappa shape index (κ3) is 6.52. The van der Waals surface area contributed by atoms with E-state index in [2.05, 4.69) is 0 Å². The maximum absolute atomic E-state index is 13.3. The number of hydrogen-bond acceptors (Lipinski definition) is 4. The van der Waals surface area contributed by atoms with Crippen LogP contribution in [-0.2, 0) is 17.9 Å². The lowest BCUT2D eigenvalue weighted by Crippen LogP contribution is -2.43. The molecule has 164 valence electrons. The summed E-state index contributed by atoms with van der Waals surface area (Å²) in [4.78, 5) is 31.7. The van der Waals surface area contributed by atoms with E-state index in [0.717, 1.165) is 10.4 Å². The average molecular weight is 443 g/mol. The quantitative estimate of drug-likeness (QED) is 0.462. The number of carbonyl (C=O) groups excluding carboxylic acids is 2. The predicted octanol–water partition coefficient (Wildman–Crippen LogP) is 5.12. The first-order valence-electron chi connectivity index (χ1n) is 10.2. The fraction of sp³-hybridized carbons (Fsp3) is 0.333. The second-order valence-corrected chi connectivity index (χ2v) is 9.32. The molecule has 0 aliphatic heterocycles. The van der Waals surface area contributed by atoms with E-state index in [0.29, 0.717) is 19.6 Å². The molecular formula is C24H27FN2O3S. The van der Waals surface area contributed by atoms with Gasteiger partial charge in [0.1, 0.15) is 12.4 Å². The van der Waals surface area contributed by atoms with E-state index in [1.54, 1.807) is 40.5 Å². The highest BCUT2D eigenvalue weighted by atomic mass is 32.1. The van der Waals surface area contributed by atoms with Crippen LogP contribution in [0.5, 0.6) is 0 Å². The van der Waals surface area contributed by atoms with E-state index in [4.69, 9.17) is 4.42 Å². The van der Waals surface area contributed by atoms with Crippen LogP contribution in [0.15, 0.2) is 59.2 Å². The van der Waals surface area contributed by atoms with Gasteiger partial charge in [-0.25, -0.2) is 4.39 Å². The summed E-state index contributed by atoms with van der Waals surface area (Å²) in [5.74, 6) is -0.385. The first-order valence-corrected chi connectivity index (χ1v) is 11.0. The number of furan rings is 1. The molecule has 31 heavy (non-hydrogen) atoms. The lowest BCUT2D eigenvalue weighted by atomic mass is 10.2. The third-order valence-electron chi connectivity index (χ3n) is 4.71. The fourth-order valence-corrected chi connectivity index (χ4v) is 4.19. The first kappa shape index (κ1) is 22.7. The van der Waals surface area contributed by atoms with Gasteiger partial charge in [-0.2, -0.15) is 0 Å². The molecule has 0 spiro atoms. The van der Waals surface area contributed by atoms with Crippen LogP contribution < -0.4 is 0 Å². The molecule has 0 unspecified atom stereocenters. The zero-order valence-corrected chi connectivity index (χ0v) is 18.8. The molecule has 0 aliphatic rings. The van der Waals surface area contributed by atoms with Gasteiger partial charge in [0.15, 0.2) is 5.76 Å². The zero-order valence-electron chi connectivity index (χ0n) is 18.0. The Balaban J connectivity index is 1.80. The van der Waals surface area contributed by atoms with Gasteiger partial charge in [0, 0.05) is 22.8 Å². The van der Waals surface area contributed by atoms with Crippen molar-refractivity contribution in [3.8, 4) is 0 Å². The number of halogens is 1. The number of amides is 2. The molecule has 0 aliphatic carbocycles. The van der Waals surface area contributed by atoms with E-state index in [1.807, 2.05) is 32.9 Å². The summed E-state index contributed by atoms with van der Waals surface area (Å²) in [6.07, 6.45) is 1.45. The second kappa shape index (κ2) is 10.4. The highest BCUT2D eigenvalue weighted by molar-refractivity contribution is 7.11. The zero-order chi connectivity index (χ0) is 22.4. The Hall–Kier alpha value is -2.93. The molecule has 0 saturated carbocycles. The van der Waals surface area contributed by atoms with E-state index < -0.39 is 0 Å². The van der Waals surface area contributed by atoms with Gasteiger partial charge >= 0.3 is 0 Å². The van der Waals surface area contributed by atoms with Crippen LogP contribution in [0.25, 0.3) is 0 Å². The number of benzene rings is 1. The van der Waals surface area contributed by atoms with Gasteiger partial charge < -0.3 is 14.2 Å². The molecule has 2 aromatic heterocycles. The van der Waals surface area contributed by atoms with E-state index in [-0.39, 0.29) is 35.9 Å². The van der Waals surface area contributed by atoms with Gasteiger partial charge in [0.2, 0.25) is 5.91 Å². The lowest BCUT2D eigenvalue weighted by molar-refractivity contribution is -0.133. The van der Waals surface area contributed by atoms with Gasteiger partial charge in [0.05, 0.1) is 12.8 Å². The summed E-state index contributed by atoms with van der Waals surface area (Å²) < 4.78 is 18.6. The monoisotopic (exact) mass is 442 g/mol. The smallest absolute Gasteiger partial charge is 0.290 e. The molecule has 0 bridgehead atoms. The summed E-state index contributed by atoms with van der Waals surface area (Å²) in [5, 5.41) is 0. The molecule has 0 N–H and O–H groups in total. The van der Waals surface area contributed by atoms with Crippen molar-refractivity contribution >= 4 is 23.2 Å². The lowest BCUT2D eigenvalue weighted by Gasteiger charge is -2.28. The molecule has 0 saturated heterocycles. The molecule has 3 aromatic rings. The topological polar surface area (TPSA) is 53.8 Å². The summed E-state index contributed by atoms with van der Waals surface area (Å²) in [5.41, 5.74) is 0.829. The molecule has 3 rings (SSSR count). The maximum atomic E-state index is 13.3. The van der Waals surface area contributed by atoms with Crippen LogP contribution in [0, 0.1) is 18.7 Å². The normalized spacial score (nSPS) is 11.0. The Morgan fingerprint density at radius 3 is 2.35 bits per heavy atom. The van der Waals surface area contributed by atoms with Crippen molar-refractivity contribution in [3.05, 3.63) is 81.7 Å². The van der Waals surface area contributed by atoms with Crippen LogP contribution in [0.4, 0.5) is 4.39 Å². The van der Waals surface area contributed by atoms with Gasteiger partial charge in [-0.3, -0.25) is 9.59 Å². The van der Waals surface area contributed by atoms with Crippen LogP contribution >= 0.6 is 11.3 Å². The Morgan fingerprint density at radius 1 is 1.03 bits per heavy atom. The molecule has 0 atom stereocenters. The van der Waals surface area contributed by atoms with Crippen molar-refractivity contribution in [1.82, 2.24) is 9.80 Å². The molecule has 7 heteroatoms. The van der Waals surface area contributed by atoms with Crippen molar-refractivity contribution in [2.45, 2.75) is 33.9 Å². The third-order valence-corrected chi connectivity index (χ3v) is 5.70. The van der Waals surface area contributed by atoms with Crippen LogP contribution in [0.2, 0.25) is 0 Å². The average Bonchev–Trinajstić information content (AvgIpc) is 3.39. The Bertz CT molecular complexity index is 996. The summed E-state index contributed by atoms with van der Waals surface area (Å²) in [6, 6.07) is 13.4. The molecule has 2 heterocycles. The van der Waals surface area contributed by atoms with Crippen LogP contribution in [-0.4, -0.2) is 34.7 Å². The number of carbonyl (C=O) groups is 2. The van der Waals surface area contributed by atoms with Crippen molar-refractivity contribution in [2.24, 2.45) is 5.92 Å². The van der Waals surface area contributed by atoms with Gasteiger partial charge in [-0.05, 0) is 54.8 Å². The van der Waals surface area contributed by atoms with E-state index in [9.17, 15) is 14.0 Å². The Morgan fingerprint density at radius 2 is 1.77 bits per heavy atom. The number of nitrogens with zero attached hydrogens (tertiary/aromatic N) is 2. The van der Waals surface area contributed by atoms with Gasteiger partial charge in [0.25, 0.3) is 5.91 Å². The van der Waals surface area contributed by atoms with Crippen molar-refractivity contribution < 1.29 is 18.4 Å². The largest absolute Gasteiger partial charge is 0.459 e. The van der Waals surface area contributed by atoms with Crippen LogP contribution in [0.3, 0.4) is 0 Å².